The Balaban J connectivity index is 1.31. The van der Waals surface area contributed by atoms with E-state index in [2.05, 4.69) is 77.4 Å². The van der Waals surface area contributed by atoms with Crippen LogP contribution in [0.3, 0.4) is 0 Å². The molecular weight excluding hydrogens is 573 g/mol. The summed E-state index contributed by atoms with van der Waals surface area (Å²) in [5.41, 5.74) is 5.61. The van der Waals surface area contributed by atoms with Crippen molar-refractivity contribution >= 4 is 75.3 Å². The van der Waals surface area contributed by atoms with E-state index in [1.54, 1.807) is 0 Å². The van der Waals surface area contributed by atoms with Crippen LogP contribution in [0.2, 0.25) is 0 Å². The van der Waals surface area contributed by atoms with E-state index in [-0.39, 0.29) is 0 Å². The number of furan rings is 1. The fraction of sp³-hybridized carbons (Fsp3) is 0. The molecule has 5 nitrogen and oxygen atoms in total. The first kappa shape index (κ1) is 24.6. The molecule has 0 spiro atoms. The minimum atomic E-state index is 0.565. The van der Waals surface area contributed by atoms with E-state index >= 15 is 0 Å². The molecule has 0 unspecified atom stereocenters. The van der Waals surface area contributed by atoms with Crippen molar-refractivity contribution in [2.24, 2.45) is 0 Å². The van der Waals surface area contributed by atoms with Gasteiger partial charge in [0.25, 0.3) is 0 Å². The zero-order valence-electron chi connectivity index (χ0n) is 23.8. The van der Waals surface area contributed by atoms with Gasteiger partial charge in [-0.05, 0) is 30.3 Å². The Hall–Kier alpha value is -5.85. The van der Waals surface area contributed by atoms with Gasteiger partial charge >= 0.3 is 0 Å². The molecule has 45 heavy (non-hydrogen) atoms. The average molecular weight is 595 g/mol. The van der Waals surface area contributed by atoms with Crippen LogP contribution in [0.15, 0.2) is 138 Å². The van der Waals surface area contributed by atoms with Crippen molar-refractivity contribution in [1.82, 2.24) is 19.5 Å². The largest absolute Gasteiger partial charge is 0.456 e. The third-order valence-corrected chi connectivity index (χ3v) is 9.79. The number of thiophene rings is 1. The fourth-order valence-electron chi connectivity index (χ4n) is 6.66. The molecule has 6 aromatic carbocycles. The van der Waals surface area contributed by atoms with Gasteiger partial charge in [-0.3, -0.25) is 4.57 Å². The highest BCUT2D eigenvalue weighted by Crippen LogP contribution is 2.44. The third-order valence-electron chi connectivity index (χ3n) is 8.66. The molecule has 0 bridgehead atoms. The van der Waals surface area contributed by atoms with Gasteiger partial charge in [0.15, 0.2) is 11.6 Å². The molecule has 210 valence electrons. The lowest BCUT2D eigenvalue weighted by Crippen LogP contribution is -2.06. The summed E-state index contributed by atoms with van der Waals surface area (Å²) in [5, 5.41) is 7.05. The summed E-state index contributed by atoms with van der Waals surface area (Å²) in [6, 6.07) is 46.0. The number of rotatable bonds is 3. The normalized spacial score (nSPS) is 12.0. The Morgan fingerprint density at radius 2 is 1.13 bits per heavy atom. The summed E-state index contributed by atoms with van der Waals surface area (Å²) < 4.78 is 11.3. The van der Waals surface area contributed by atoms with E-state index in [0.717, 1.165) is 54.9 Å². The predicted molar refractivity (Wildman–Crippen MR) is 185 cm³/mol. The van der Waals surface area contributed by atoms with E-state index in [9.17, 15) is 0 Å². The molecule has 0 atom stereocenters. The highest BCUT2D eigenvalue weighted by molar-refractivity contribution is 7.26. The van der Waals surface area contributed by atoms with E-state index in [1.807, 2.05) is 72.0 Å². The lowest BCUT2D eigenvalue weighted by Gasteiger charge is -2.10. The van der Waals surface area contributed by atoms with Crippen LogP contribution in [0.4, 0.5) is 0 Å². The second-order valence-electron chi connectivity index (χ2n) is 11.2. The number of benzene rings is 6. The Labute approximate surface area is 260 Å². The van der Waals surface area contributed by atoms with Crippen molar-refractivity contribution in [3.05, 3.63) is 133 Å². The van der Waals surface area contributed by atoms with Gasteiger partial charge in [0.05, 0.1) is 11.0 Å². The zero-order valence-corrected chi connectivity index (χ0v) is 24.6. The zero-order chi connectivity index (χ0) is 29.5. The van der Waals surface area contributed by atoms with E-state index in [0.29, 0.717) is 17.6 Å². The third kappa shape index (κ3) is 3.63. The number of aromatic nitrogens is 4. The molecule has 0 radical (unpaired) electrons. The van der Waals surface area contributed by atoms with Crippen LogP contribution in [-0.2, 0) is 0 Å². The second kappa shape index (κ2) is 9.32. The first-order chi connectivity index (χ1) is 22.3. The van der Waals surface area contributed by atoms with Gasteiger partial charge in [-0.15, -0.1) is 11.3 Å². The monoisotopic (exact) mass is 594 g/mol. The van der Waals surface area contributed by atoms with E-state index < -0.39 is 0 Å². The molecule has 0 aliphatic rings. The SMILES string of the molecule is c1ccc(-c2nc(-c3ccccc3)nc(-n3c4ccccc4c4cc5c(cc43)oc3ccc4sc6ccccc6c4c35)n2)cc1. The summed E-state index contributed by atoms with van der Waals surface area (Å²) in [6.45, 7) is 0. The molecule has 0 aliphatic heterocycles. The molecule has 0 saturated carbocycles. The highest BCUT2D eigenvalue weighted by Gasteiger charge is 2.21. The molecule has 0 amide bonds. The van der Waals surface area contributed by atoms with Crippen LogP contribution in [-0.4, -0.2) is 19.5 Å². The van der Waals surface area contributed by atoms with E-state index in [1.165, 1.54) is 20.2 Å². The Bertz CT molecular complexity index is 2700. The van der Waals surface area contributed by atoms with Crippen LogP contribution in [0.25, 0.3) is 92.6 Å². The fourth-order valence-corrected chi connectivity index (χ4v) is 7.77. The Morgan fingerprint density at radius 1 is 0.467 bits per heavy atom. The molecule has 0 N–H and O–H groups in total. The topological polar surface area (TPSA) is 56.7 Å². The number of fused-ring (bicyclic) bond motifs is 10. The number of nitrogens with zero attached hydrogens (tertiary/aromatic N) is 4. The lowest BCUT2D eigenvalue weighted by molar-refractivity contribution is 0.669. The van der Waals surface area contributed by atoms with Crippen molar-refractivity contribution in [3.63, 3.8) is 0 Å². The number of hydrogen-bond donors (Lipinski definition) is 0. The Kier molecular flexibility index (Phi) is 5.09. The summed E-state index contributed by atoms with van der Waals surface area (Å²) in [5.74, 6) is 1.82. The van der Waals surface area contributed by atoms with Crippen LogP contribution in [0.1, 0.15) is 0 Å². The van der Waals surface area contributed by atoms with Gasteiger partial charge in [0.1, 0.15) is 11.2 Å². The van der Waals surface area contributed by atoms with Crippen LogP contribution < -0.4 is 0 Å². The van der Waals surface area contributed by atoms with Gasteiger partial charge in [-0.25, -0.2) is 4.98 Å². The maximum absolute atomic E-state index is 6.60. The van der Waals surface area contributed by atoms with Crippen molar-refractivity contribution in [3.8, 4) is 28.7 Å². The Morgan fingerprint density at radius 3 is 1.89 bits per heavy atom. The smallest absolute Gasteiger partial charge is 0.238 e. The molecule has 0 saturated heterocycles. The number of para-hydroxylation sites is 1. The van der Waals surface area contributed by atoms with Gasteiger partial charge in [0.2, 0.25) is 5.95 Å². The quantitative estimate of drug-likeness (QED) is 0.204. The van der Waals surface area contributed by atoms with Gasteiger partial charge < -0.3 is 4.42 Å². The molecule has 0 aliphatic carbocycles. The predicted octanol–water partition coefficient (Wildman–Crippen LogP) is 10.6. The molecule has 4 heterocycles. The average Bonchev–Trinajstić information content (AvgIpc) is 3.76. The molecular formula is C39H22N4OS. The molecule has 10 aromatic rings. The van der Waals surface area contributed by atoms with Crippen molar-refractivity contribution < 1.29 is 4.42 Å². The van der Waals surface area contributed by atoms with Crippen molar-refractivity contribution in [1.29, 1.82) is 0 Å². The second-order valence-corrected chi connectivity index (χ2v) is 12.3. The summed E-state index contributed by atoms with van der Waals surface area (Å²) in [7, 11) is 0. The highest BCUT2D eigenvalue weighted by atomic mass is 32.1. The van der Waals surface area contributed by atoms with Crippen molar-refractivity contribution in [2.45, 2.75) is 0 Å². The molecule has 10 rings (SSSR count). The van der Waals surface area contributed by atoms with Crippen LogP contribution >= 0.6 is 11.3 Å². The first-order valence-electron chi connectivity index (χ1n) is 14.9. The maximum atomic E-state index is 6.60. The molecule has 6 heteroatoms. The van der Waals surface area contributed by atoms with Gasteiger partial charge in [-0.2, -0.15) is 9.97 Å². The lowest BCUT2D eigenvalue weighted by atomic mass is 10.0. The summed E-state index contributed by atoms with van der Waals surface area (Å²) in [6.07, 6.45) is 0. The molecule has 4 aromatic heterocycles. The van der Waals surface area contributed by atoms with Crippen LogP contribution in [0, 0.1) is 0 Å². The first-order valence-corrected chi connectivity index (χ1v) is 15.7. The summed E-state index contributed by atoms with van der Waals surface area (Å²) >= 11 is 1.83. The van der Waals surface area contributed by atoms with Crippen molar-refractivity contribution in [2.75, 3.05) is 0 Å². The maximum Gasteiger partial charge on any atom is 0.238 e. The minimum absolute atomic E-state index is 0.565. The van der Waals surface area contributed by atoms with Gasteiger partial charge in [0, 0.05) is 58.9 Å². The van der Waals surface area contributed by atoms with E-state index in [4.69, 9.17) is 19.4 Å². The number of hydrogen-bond acceptors (Lipinski definition) is 5. The standard InChI is InChI=1S/C39H22N4OS/c1-3-11-23(12-4-1)37-40-38(24-13-5-2-6-14-24)42-39(41-37)43-29-17-9-7-15-25(29)27-21-28-32(22-30(27)43)44-31-19-20-34-36(35(28)31)26-16-8-10-18-33(26)45-34/h1-22H. The minimum Gasteiger partial charge on any atom is -0.456 e. The van der Waals surface area contributed by atoms with Gasteiger partial charge in [-0.1, -0.05) is 97.1 Å². The molecule has 0 fully saturated rings. The summed E-state index contributed by atoms with van der Waals surface area (Å²) in [4.78, 5) is 15.1. The van der Waals surface area contributed by atoms with Crippen LogP contribution in [0.5, 0.6) is 0 Å².